The monoisotopic (exact) mass is 334 g/mol. The standard InChI is InChI=1S/C18H26N2O4/c1-23-7-6-19-10-15-11-20(13-18(15,12-19)17(21)22)9-14-4-3-5-16(8-14)24-2/h3-5,8,15H,6-7,9-13H2,1-2H3,(H,21,22)/t15-,18-/m1/s1. The molecule has 1 aromatic carbocycles. The molecule has 2 saturated heterocycles. The summed E-state index contributed by atoms with van der Waals surface area (Å²) in [5, 5.41) is 9.88. The van der Waals surface area contributed by atoms with Crippen molar-refractivity contribution < 1.29 is 19.4 Å². The van der Waals surface area contributed by atoms with Crippen LogP contribution in [0.2, 0.25) is 0 Å². The van der Waals surface area contributed by atoms with E-state index in [2.05, 4.69) is 15.9 Å². The third-order valence-corrected chi connectivity index (χ3v) is 5.33. The molecule has 0 aromatic heterocycles. The third-order valence-electron chi connectivity index (χ3n) is 5.33. The van der Waals surface area contributed by atoms with Gasteiger partial charge in [-0.2, -0.15) is 0 Å². The van der Waals surface area contributed by atoms with Crippen molar-refractivity contribution in [2.75, 3.05) is 53.6 Å². The van der Waals surface area contributed by atoms with Gasteiger partial charge in [0.2, 0.25) is 0 Å². The Hall–Kier alpha value is -1.63. The molecule has 0 amide bonds. The number of carbonyl (C=O) groups is 1. The molecule has 24 heavy (non-hydrogen) atoms. The molecular formula is C18H26N2O4. The van der Waals surface area contributed by atoms with Crippen LogP contribution in [0.4, 0.5) is 0 Å². The average molecular weight is 334 g/mol. The van der Waals surface area contributed by atoms with Gasteiger partial charge in [-0.15, -0.1) is 0 Å². The predicted octanol–water partition coefficient (Wildman–Crippen LogP) is 1.16. The minimum Gasteiger partial charge on any atom is -0.497 e. The Bertz CT molecular complexity index is 594. The Balaban J connectivity index is 1.67. The fraction of sp³-hybridized carbons (Fsp3) is 0.611. The lowest BCUT2D eigenvalue weighted by atomic mass is 9.81. The molecule has 2 fully saturated rings. The lowest BCUT2D eigenvalue weighted by Gasteiger charge is -2.25. The van der Waals surface area contributed by atoms with Crippen LogP contribution in [0.15, 0.2) is 24.3 Å². The number of methoxy groups -OCH3 is 2. The van der Waals surface area contributed by atoms with Crippen molar-refractivity contribution in [2.24, 2.45) is 11.3 Å². The van der Waals surface area contributed by atoms with Gasteiger partial charge in [0, 0.05) is 52.3 Å². The molecule has 0 spiro atoms. The number of ether oxygens (including phenoxy) is 2. The Morgan fingerprint density at radius 3 is 2.71 bits per heavy atom. The Morgan fingerprint density at radius 1 is 1.29 bits per heavy atom. The van der Waals surface area contributed by atoms with Gasteiger partial charge in [0.25, 0.3) is 0 Å². The second kappa shape index (κ2) is 7.09. The van der Waals surface area contributed by atoms with Gasteiger partial charge in [-0.3, -0.25) is 14.6 Å². The van der Waals surface area contributed by atoms with E-state index in [-0.39, 0.29) is 5.92 Å². The summed E-state index contributed by atoms with van der Waals surface area (Å²) in [6, 6.07) is 7.99. The van der Waals surface area contributed by atoms with E-state index in [1.807, 2.05) is 18.2 Å². The number of rotatable bonds is 7. The van der Waals surface area contributed by atoms with E-state index >= 15 is 0 Å². The van der Waals surface area contributed by atoms with Crippen LogP contribution in [0.1, 0.15) is 5.56 Å². The van der Waals surface area contributed by atoms with Crippen molar-refractivity contribution in [3.05, 3.63) is 29.8 Å². The fourth-order valence-corrected chi connectivity index (χ4v) is 4.12. The highest BCUT2D eigenvalue weighted by Crippen LogP contribution is 2.43. The highest BCUT2D eigenvalue weighted by atomic mass is 16.5. The first-order valence-corrected chi connectivity index (χ1v) is 8.37. The summed E-state index contributed by atoms with van der Waals surface area (Å²) in [6.45, 7) is 5.10. The minimum atomic E-state index is -0.666. The number of carboxylic acids is 1. The fourth-order valence-electron chi connectivity index (χ4n) is 4.12. The number of hydrogen-bond donors (Lipinski definition) is 1. The van der Waals surface area contributed by atoms with E-state index in [4.69, 9.17) is 9.47 Å². The molecule has 0 saturated carbocycles. The quantitative estimate of drug-likeness (QED) is 0.807. The second-order valence-electron chi connectivity index (χ2n) is 6.91. The Labute approximate surface area is 143 Å². The smallest absolute Gasteiger partial charge is 0.312 e. The molecule has 132 valence electrons. The van der Waals surface area contributed by atoms with E-state index < -0.39 is 11.4 Å². The number of likely N-dealkylation sites (tertiary alicyclic amines) is 2. The van der Waals surface area contributed by atoms with Gasteiger partial charge in [-0.25, -0.2) is 0 Å². The molecule has 0 unspecified atom stereocenters. The van der Waals surface area contributed by atoms with Crippen LogP contribution in [-0.4, -0.2) is 74.4 Å². The highest BCUT2D eigenvalue weighted by molar-refractivity contribution is 5.77. The summed E-state index contributed by atoms with van der Waals surface area (Å²) in [4.78, 5) is 16.5. The maximum Gasteiger partial charge on any atom is 0.312 e. The molecule has 1 aromatic rings. The molecule has 2 aliphatic heterocycles. The Kier molecular flexibility index (Phi) is 5.08. The van der Waals surface area contributed by atoms with Crippen LogP contribution in [0.25, 0.3) is 0 Å². The first-order chi connectivity index (χ1) is 11.6. The predicted molar refractivity (Wildman–Crippen MR) is 90.1 cm³/mol. The number of carboxylic acid groups (broad SMARTS) is 1. The van der Waals surface area contributed by atoms with Crippen LogP contribution in [0, 0.1) is 11.3 Å². The molecule has 6 heteroatoms. The number of benzene rings is 1. The molecule has 6 nitrogen and oxygen atoms in total. The van der Waals surface area contributed by atoms with Gasteiger partial charge >= 0.3 is 5.97 Å². The van der Waals surface area contributed by atoms with Gasteiger partial charge < -0.3 is 14.6 Å². The zero-order valence-electron chi connectivity index (χ0n) is 14.4. The van der Waals surface area contributed by atoms with Crippen molar-refractivity contribution in [3.63, 3.8) is 0 Å². The van der Waals surface area contributed by atoms with Crippen LogP contribution >= 0.6 is 0 Å². The molecule has 2 heterocycles. The summed E-state index contributed by atoms with van der Waals surface area (Å²) in [5.41, 5.74) is 0.512. The van der Waals surface area contributed by atoms with Crippen LogP contribution in [0.3, 0.4) is 0 Å². The van der Waals surface area contributed by atoms with E-state index in [0.29, 0.717) is 19.7 Å². The van der Waals surface area contributed by atoms with E-state index in [9.17, 15) is 9.90 Å². The van der Waals surface area contributed by atoms with Crippen LogP contribution in [0.5, 0.6) is 5.75 Å². The topological polar surface area (TPSA) is 62.2 Å². The molecule has 0 aliphatic carbocycles. The van der Waals surface area contributed by atoms with E-state index in [1.54, 1.807) is 14.2 Å². The molecule has 2 aliphatic rings. The van der Waals surface area contributed by atoms with Gasteiger partial charge in [0.05, 0.1) is 19.1 Å². The van der Waals surface area contributed by atoms with Crippen molar-refractivity contribution in [3.8, 4) is 5.75 Å². The maximum absolute atomic E-state index is 12.0. The number of fused-ring (bicyclic) bond motifs is 1. The summed E-state index contributed by atoms with van der Waals surface area (Å²) in [5.74, 6) is 0.351. The SMILES string of the molecule is COCCN1C[C@@H]2CN(Cc3cccc(OC)c3)C[C@]2(C(=O)O)C1. The molecule has 2 atom stereocenters. The van der Waals surface area contributed by atoms with Crippen molar-refractivity contribution in [1.82, 2.24) is 9.80 Å². The Morgan fingerprint density at radius 2 is 2.04 bits per heavy atom. The molecular weight excluding hydrogens is 308 g/mol. The summed E-state index contributed by atoms with van der Waals surface area (Å²) in [7, 11) is 3.34. The molecule has 0 radical (unpaired) electrons. The zero-order valence-corrected chi connectivity index (χ0v) is 14.4. The summed E-state index contributed by atoms with van der Waals surface area (Å²) < 4.78 is 10.4. The number of aliphatic carboxylic acids is 1. The van der Waals surface area contributed by atoms with Gasteiger partial charge in [0.1, 0.15) is 5.75 Å². The first kappa shape index (κ1) is 17.2. The van der Waals surface area contributed by atoms with Gasteiger partial charge in [0.15, 0.2) is 0 Å². The summed E-state index contributed by atoms with van der Waals surface area (Å²) in [6.07, 6.45) is 0. The molecule has 1 N–H and O–H groups in total. The number of nitrogens with zero attached hydrogens (tertiary/aromatic N) is 2. The third kappa shape index (κ3) is 3.27. The van der Waals surface area contributed by atoms with Crippen LogP contribution < -0.4 is 4.74 Å². The second-order valence-corrected chi connectivity index (χ2v) is 6.91. The zero-order chi connectivity index (χ0) is 17.2. The minimum absolute atomic E-state index is 0.178. The molecule has 0 bridgehead atoms. The van der Waals surface area contributed by atoms with Crippen molar-refractivity contribution in [1.29, 1.82) is 0 Å². The largest absolute Gasteiger partial charge is 0.497 e. The molecule has 3 rings (SSSR count). The lowest BCUT2D eigenvalue weighted by molar-refractivity contribution is -0.149. The average Bonchev–Trinajstić information content (AvgIpc) is 3.07. The van der Waals surface area contributed by atoms with Crippen LogP contribution in [-0.2, 0) is 16.1 Å². The number of hydrogen-bond acceptors (Lipinski definition) is 5. The first-order valence-electron chi connectivity index (χ1n) is 8.37. The van der Waals surface area contributed by atoms with Gasteiger partial charge in [-0.05, 0) is 17.7 Å². The van der Waals surface area contributed by atoms with Gasteiger partial charge in [-0.1, -0.05) is 12.1 Å². The van der Waals surface area contributed by atoms with E-state index in [0.717, 1.165) is 37.5 Å². The highest BCUT2D eigenvalue weighted by Gasteiger charge is 2.57. The van der Waals surface area contributed by atoms with Crippen molar-refractivity contribution in [2.45, 2.75) is 6.54 Å². The van der Waals surface area contributed by atoms with E-state index in [1.165, 1.54) is 0 Å². The van der Waals surface area contributed by atoms with Crippen molar-refractivity contribution >= 4 is 5.97 Å². The lowest BCUT2D eigenvalue weighted by Crippen LogP contribution is -2.41. The normalized spacial score (nSPS) is 27.3. The summed E-state index contributed by atoms with van der Waals surface area (Å²) >= 11 is 0. The maximum atomic E-state index is 12.0.